The first kappa shape index (κ1) is 12.0. The van der Waals surface area contributed by atoms with Gasteiger partial charge in [-0.1, -0.05) is 32.4 Å². The maximum atomic E-state index is 11.2. The van der Waals surface area contributed by atoms with Crippen molar-refractivity contribution in [1.82, 2.24) is 0 Å². The summed E-state index contributed by atoms with van der Waals surface area (Å²) < 4.78 is 4.48. The van der Waals surface area contributed by atoms with Crippen LogP contribution >= 0.6 is 0 Å². The summed E-state index contributed by atoms with van der Waals surface area (Å²) in [4.78, 5) is 22.1. The number of carbonyl (C=O) groups excluding carboxylic acids is 2. The van der Waals surface area contributed by atoms with E-state index in [1.54, 1.807) is 0 Å². The summed E-state index contributed by atoms with van der Waals surface area (Å²) in [5.74, 6) is -1.18. The van der Waals surface area contributed by atoms with Crippen molar-refractivity contribution in [3.05, 3.63) is 11.6 Å². The summed E-state index contributed by atoms with van der Waals surface area (Å²) in [6.45, 7) is 8.41. The molecule has 0 bridgehead atoms. The Morgan fingerprint density at radius 2 is 2.07 bits per heavy atom. The molecule has 0 aromatic heterocycles. The van der Waals surface area contributed by atoms with E-state index in [2.05, 4.69) is 25.5 Å². The van der Waals surface area contributed by atoms with Gasteiger partial charge in [0.15, 0.2) is 0 Å². The molecule has 0 amide bonds. The average molecular weight is 210 g/mol. The molecule has 0 aromatic rings. The Kier molecular flexibility index (Phi) is 3.32. The molecular formula is C12H18O3. The number of rotatable bonds is 2. The molecule has 3 nitrogen and oxygen atoms in total. The smallest absolute Gasteiger partial charge is 0.321 e. The maximum Gasteiger partial charge on any atom is 0.321 e. The largest absolute Gasteiger partial charge is 0.393 e. The number of carbonyl (C=O) groups is 2. The molecule has 0 spiro atoms. The molecule has 1 aliphatic heterocycles. The summed E-state index contributed by atoms with van der Waals surface area (Å²) in [5.41, 5.74) is 1.34. The molecule has 15 heavy (non-hydrogen) atoms. The van der Waals surface area contributed by atoms with E-state index in [0.29, 0.717) is 0 Å². The van der Waals surface area contributed by atoms with Crippen LogP contribution in [0.15, 0.2) is 11.6 Å². The van der Waals surface area contributed by atoms with Crippen LogP contribution < -0.4 is 0 Å². The quantitative estimate of drug-likeness (QED) is 0.399. The Balaban J connectivity index is 2.63. The minimum atomic E-state index is -0.412. The van der Waals surface area contributed by atoms with E-state index in [1.165, 1.54) is 0 Å². The maximum absolute atomic E-state index is 11.2. The highest BCUT2D eigenvalue weighted by Gasteiger charge is 2.31. The number of cyclic esters (lactones) is 2. The molecule has 1 aliphatic rings. The minimum absolute atomic E-state index is 0.195. The number of allylic oxidation sites excluding steroid dienone is 1. The van der Waals surface area contributed by atoms with E-state index in [0.717, 1.165) is 12.0 Å². The van der Waals surface area contributed by atoms with Crippen LogP contribution in [-0.2, 0) is 14.3 Å². The predicted molar refractivity (Wildman–Crippen MR) is 57.0 cm³/mol. The third-order valence-electron chi connectivity index (χ3n) is 2.20. The van der Waals surface area contributed by atoms with E-state index in [9.17, 15) is 9.59 Å². The van der Waals surface area contributed by atoms with Crippen LogP contribution in [0.1, 0.15) is 40.5 Å². The van der Waals surface area contributed by atoms with Crippen molar-refractivity contribution in [2.75, 3.05) is 0 Å². The standard InChI is InChI=1S/C12H18O3/c1-8(7-12(2,3)4)5-9-6-10(13)15-11(9)14/h5,9H,6-7H2,1-4H3/b8-5+. The van der Waals surface area contributed by atoms with E-state index >= 15 is 0 Å². The lowest BCUT2D eigenvalue weighted by Gasteiger charge is -2.18. The van der Waals surface area contributed by atoms with Crippen molar-refractivity contribution >= 4 is 11.9 Å². The highest BCUT2D eigenvalue weighted by molar-refractivity contribution is 5.95. The van der Waals surface area contributed by atoms with Crippen LogP contribution in [0.3, 0.4) is 0 Å². The van der Waals surface area contributed by atoms with Crippen LogP contribution in [0.2, 0.25) is 0 Å². The summed E-state index contributed by atoms with van der Waals surface area (Å²) >= 11 is 0. The van der Waals surface area contributed by atoms with Crippen LogP contribution in [0.25, 0.3) is 0 Å². The fraction of sp³-hybridized carbons (Fsp3) is 0.667. The van der Waals surface area contributed by atoms with E-state index in [1.807, 2.05) is 13.0 Å². The van der Waals surface area contributed by atoms with Gasteiger partial charge >= 0.3 is 11.9 Å². The first-order chi connectivity index (χ1) is 6.78. The molecule has 0 aliphatic carbocycles. The Morgan fingerprint density at radius 3 is 2.47 bits per heavy atom. The van der Waals surface area contributed by atoms with Crippen LogP contribution in [0.5, 0.6) is 0 Å². The van der Waals surface area contributed by atoms with Crippen molar-refractivity contribution in [2.45, 2.75) is 40.5 Å². The van der Waals surface area contributed by atoms with Gasteiger partial charge in [0, 0.05) is 0 Å². The number of ether oxygens (including phenoxy) is 1. The van der Waals surface area contributed by atoms with E-state index in [4.69, 9.17) is 0 Å². The first-order valence-corrected chi connectivity index (χ1v) is 5.20. The Bertz CT molecular complexity index is 307. The van der Waals surface area contributed by atoms with Gasteiger partial charge in [0.05, 0.1) is 12.3 Å². The molecule has 1 rings (SSSR count). The lowest BCUT2D eigenvalue weighted by Crippen LogP contribution is -2.08. The van der Waals surface area contributed by atoms with Crippen molar-refractivity contribution in [3.8, 4) is 0 Å². The van der Waals surface area contributed by atoms with Gasteiger partial charge in [-0.25, -0.2) is 0 Å². The zero-order chi connectivity index (χ0) is 11.6. The van der Waals surface area contributed by atoms with Crippen molar-refractivity contribution in [3.63, 3.8) is 0 Å². The molecule has 1 saturated heterocycles. The van der Waals surface area contributed by atoms with Gasteiger partial charge in [-0.3, -0.25) is 9.59 Å². The molecule has 1 atom stereocenters. The van der Waals surface area contributed by atoms with E-state index in [-0.39, 0.29) is 17.8 Å². The van der Waals surface area contributed by atoms with Gasteiger partial charge in [0.2, 0.25) is 0 Å². The monoisotopic (exact) mass is 210 g/mol. The fourth-order valence-electron chi connectivity index (χ4n) is 1.86. The van der Waals surface area contributed by atoms with Crippen LogP contribution in [0.4, 0.5) is 0 Å². The fourth-order valence-corrected chi connectivity index (χ4v) is 1.86. The molecule has 1 unspecified atom stereocenters. The molecule has 0 aromatic carbocycles. The zero-order valence-corrected chi connectivity index (χ0v) is 9.79. The molecule has 0 radical (unpaired) electrons. The average Bonchev–Trinajstić information content (AvgIpc) is 2.25. The molecule has 84 valence electrons. The molecule has 3 heteroatoms. The Morgan fingerprint density at radius 1 is 1.47 bits per heavy atom. The minimum Gasteiger partial charge on any atom is -0.393 e. The van der Waals surface area contributed by atoms with Gasteiger partial charge in [-0.2, -0.15) is 0 Å². The predicted octanol–water partition coefficient (Wildman–Crippen LogP) is 2.46. The highest BCUT2D eigenvalue weighted by Crippen LogP contribution is 2.26. The van der Waals surface area contributed by atoms with Crippen LogP contribution in [0, 0.1) is 11.3 Å². The second kappa shape index (κ2) is 4.17. The molecule has 1 heterocycles. The summed E-state index contributed by atoms with van der Waals surface area (Å²) in [7, 11) is 0. The molecule has 0 saturated carbocycles. The topological polar surface area (TPSA) is 43.4 Å². The highest BCUT2D eigenvalue weighted by atomic mass is 16.6. The normalized spacial score (nSPS) is 23.2. The number of hydrogen-bond acceptors (Lipinski definition) is 3. The first-order valence-electron chi connectivity index (χ1n) is 5.20. The lowest BCUT2D eigenvalue weighted by atomic mass is 9.87. The third-order valence-corrected chi connectivity index (χ3v) is 2.20. The summed E-state index contributed by atoms with van der Waals surface area (Å²) in [5, 5.41) is 0. The molecule has 0 N–H and O–H groups in total. The number of hydrogen-bond donors (Lipinski definition) is 0. The summed E-state index contributed by atoms with van der Waals surface area (Å²) in [6, 6.07) is 0. The zero-order valence-electron chi connectivity index (χ0n) is 9.79. The van der Waals surface area contributed by atoms with Crippen molar-refractivity contribution < 1.29 is 14.3 Å². The second-order valence-electron chi connectivity index (χ2n) is 5.35. The summed E-state index contributed by atoms with van der Waals surface area (Å²) in [6.07, 6.45) is 2.98. The lowest BCUT2D eigenvalue weighted by molar-refractivity contribution is -0.152. The van der Waals surface area contributed by atoms with Crippen molar-refractivity contribution in [2.24, 2.45) is 11.3 Å². The van der Waals surface area contributed by atoms with Crippen molar-refractivity contribution in [1.29, 1.82) is 0 Å². The SMILES string of the molecule is C/C(=C\C1CC(=O)OC1=O)CC(C)(C)C. The second-order valence-corrected chi connectivity index (χ2v) is 5.35. The van der Waals surface area contributed by atoms with Crippen LogP contribution in [-0.4, -0.2) is 11.9 Å². The van der Waals surface area contributed by atoms with Gasteiger partial charge in [-0.15, -0.1) is 0 Å². The molecule has 1 fully saturated rings. The number of esters is 2. The Labute approximate surface area is 90.5 Å². The van der Waals surface area contributed by atoms with Gasteiger partial charge in [0.1, 0.15) is 0 Å². The Hall–Kier alpha value is -1.12. The third kappa shape index (κ3) is 3.86. The van der Waals surface area contributed by atoms with Gasteiger partial charge in [-0.05, 0) is 18.8 Å². The van der Waals surface area contributed by atoms with Gasteiger partial charge in [0.25, 0.3) is 0 Å². The van der Waals surface area contributed by atoms with Gasteiger partial charge < -0.3 is 4.74 Å². The van der Waals surface area contributed by atoms with E-state index < -0.39 is 11.9 Å². The molecular weight excluding hydrogens is 192 g/mol.